The fourth-order valence-corrected chi connectivity index (χ4v) is 2.43. The predicted molar refractivity (Wildman–Crippen MR) is 85.7 cm³/mol. The third-order valence-corrected chi connectivity index (χ3v) is 3.54. The van der Waals surface area contributed by atoms with Crippen LogP contribution in [0.15, 0.2) is 24.3 Å². The summed E-state index contributed by atoms with van der Waals surface area (Å²) in [6, 6.07) is 7.33. The number of amides is 2. The predicted octanol–water partition coefficient (Wildman–Crippen LogP) is 1.68. The van der Waals surface area contributed by atoms with E-state index < -0.39 is 17.1 Å². The van der Waals surface area contributed by atoms with Crippen molar-refractivity contribution in [2.45, 2.75) is 38.2 Å². The summed E-state index contributed by atoms with van der Waals surface area (Å²) < 4.78 is 10.5. The van der Waals surface area contributed by atoms with Gasteiger partial charge in [-0.1, -0.05) is 12.1 Å². The van der Waals surface area contributed by atoms with E-state index in [1.807, 2.05) is 18.2 Å². The van der Waals surface area contributed by atoms with Crippen LogP contribution in [-0.2, 0) is 19.7 Å². The lowest BCUT2D eigenvalue weighted by Crippen LogP contribution is -2.50. The number of nitrogens with two attached hydrogens (primary N) is 1. The smallest absolute Gasteiger partial charge is 0.412 e. The SMILES string of the molecule is CC(C)(C)OC(=O)Nc1cccc(C2(CC(=O)NN)COC2)c1. The van der Waals surface area contributed by atoms with E-state index in [1.54, 1.807) is 26.8 Å². The van der Waals surface area contributed by atoms with Crippen LogP contribution in [0.25, 0.3) is 0 Å². The average molecular weight is 321 g/mol. The lowest BCUT2D eigenvalue weighted by molar-refractivity contribution is -0.129. The lowest BCUT2D eigenvalue weighted by atomic mass is 9.75. The van der Waals surface area contributed by atoms with Crippen LogP contribution in [0, 0.1) is 0 Å². The van der Waals surface area contributed by atoms with Crippen LogP contribution >= 0.6 is 0 Å². The van der Waals surface area contributed by atoms with Gasteiger partial charge in [-0.05, 0) is 38.5 Å². The molecule has 1 aliphatic rings. The van der Waals surface area contributed by atoms with Gasteiger partial charge >= 0.3 is 6.09 Å². The molecule has 2 rings (SSSR count). The highest BCUT2D eigenvalue weighted by Crippen LogP contribution is 2.36. The Morgan fingerprint density at radius 2 is 2.04 bits per heavy atom. The number of hydrogen-bond donors (Lipinski definition) is 3. The molecular weight excluding hydrogens is 298 g/mol. The molecule has 0 aromatic heterocycles. The quantitative estimate of drug-likeness (QED) is 0.445. The Kier molecular flexibility index (Phi) is 4.91. The van der Waals surface area contributed by atoms with Gasteiger partial charge in [0.05, 0.1) is 18.6 Å². The van der Waals surface area contributed by atoms with Crippen molar-refractivity contribution in [1.29, 1.82) is 0 Å². The Morgan fingerprint density at radius 3 is 2.57 bits per heavy atom. The molecule has 2 amide bonds. The number of nitrogens with one attached hydrogen (secondary N) is 2. The second kappa shape index (κ2) is 6.55. The Labute approximate surface area is 135 Å². The first-order valence-corrected chi connectivity index (χ1v) is 7.42. The normalized spacial score (nSPS) is 16.2. The number of ether oxygens (including phenoxy) is 2. The molecule has 1 aromatic carbocycles. The maximum atomic E-state index is 11.9. The van der Waals surface area contributed by atoms with Gasteiger partial charge in [0, 0.05) is 12.1 Å². The van der Waals surface area contributed by atoms with Crippen molar-refractivity contribution in [2.75, 3.05) is 18.5 Å². The van der Waals surface area contributed by atoms with E-state index in [0.717, 1.165) is 5.56 Å². The summed E-state index contributed by atoms with van der Waals surface area (Å²) in [5, 5.41) is 2.70. The van der Waals surface area contributed by atoms with Crippen LogP contribution in [0.4, 0.5) is 10.5 Å². The first kappa shape index (κ1) is 17.2. The Hall–Kier alpha value is -2.12. The number of hydrazine groups is 1. The minimum Gasteiger partial charge on any atom is -0.444 e. The zero-order valence-electron chi connectivity index (χ0n) is 13.6. The Morgan fingerprint density at radius 1 is 1.35 bits per heavy atom. The van der Waals surface area contributed by atoms with E-state index in [2.05, 4.69) is 10.7 Å². The van der Waals surface area contributed by atoms with Crippen LogP contribution in [0.5, 0.6) is 0 Å². The molecule has 23 heavy (non-hydrogen) atoms. The van der Waals surface area contributed by atoms with Crippen LogP contribution in [-0.4, -0.2) is 30.8 Å². The fourth-order valence-electron chi connectivity index (χ4n) is 2.43. The minimum absolute atomic E-state index is 0.236. The molecule has 1 heterocycles. The zero-order valence-corrected chi connectivity index (χ0v) is 13.6. The van der Waals surface area contributed by atoms with Crippen molar-refractivity contribution in [2.24, 2.45) is 5.84 Å². The third kappa shape index (κ3) is 4.43. The van der Waals surface area contributed by atoms with Crippen molar-refractivity contribution in [3.63, 3.8) is 0 Å². The molecule has 1 aliphatic heterocycles. The fraction of sp³-hybridized carbons (Fsp3) is 0.500. The van der Waals surface area contributed by atoms with Gasteiger partial charge < -0.3 is 9.47 Å². The van der Waals surface area contributed by atoms with E-state index in [1.165, 1.54) is 0 Å². The van der Waals surface area contributed by atoms with Gasteiger partial charge in [-0.15, -0.1) is 0 Å². The summed E-state index contributed by atoms with van der Waals surface area (Å²) in [5.74, 6) is 4.93. The van der Waals surface area contributed by atoms with Gasteiger partial charge in [0.25, 0.3) is 0 Å². The van der Waals surface area contributed by atoms with Crippen LogP contribution < -0.4 is 16.6 Å². The molecule has 0 atom stereocenters. The van der Waals surface area contributed by atoms with Crippen molar-refractivity contribution in [3.8, 4) is 0 Å². The summed E-state index contributed by atoms with van der Waals surface area (Å²) in [5.41, 5.74) is 2.70. The van der Waals surface area contributed by atoms with E-state index >= 15 is 0 Å². The molecule has 0 saturated carbocycles. The Balaban J connectivity index is 2.13. The van der Waals surface area contributed by atoms with E-state index in [4.69, 9.17) is 15.3 Å². The van der Waals surface area contributed by atoms with Crippen LogP contribution in [0.2, 0.25) is 0 Å². The van der Waals surface area contributed by atoms with Crippen molar-refractivity contribution >= 4 is 17.7 Å². The maximum Gasteiger partial charge on any atom is 0.412 e. The van der Waals surface area contributed by atoms with Gasteiger partial charge in [-0.25, -0.2) is 10.6 Å². The summed E-state index contributed by atoms with van der Waals surface area (Å²) in [4.78, 5) is 23.5. The first-order valence-electron chi connectivity index (χ1n) is 7.42. The molecule has 7 heteroatoms. The summed E-state index contributed by atoms with van der Waals surface area (Å²) in [6.45, 7) is 6.28. The van der Waals surface area contributed by atoms with Crippen molar-refractivity contribution < 1.29 is 19.1 Å². The third-order valence-electron chi connectivity index (χ3n) is 3.54. The highest BCUT2D eigenvalue weighted by Gasteiger charge is 2.42. The van der Waals surface area contributed by atoms with Crippen molar-refractivity contribution in [1.82, 2.24) is 5.43 Å². The van der Waals surface area contributed by atoms with Gasteiger partial charge in [-0.2, -0.15) is 0 Å². The molecular formula is C16H23N3O4. The molecule has 0 unspecified atom stereocenters. The van der Waals surface area contributed by atoms with Crippen LogP contribution in [0.1, 0.15) is 32.8 Å². The second-order valence-corrected chi connectivity index (χ2v) is 6.73. The number of benzene rings is 1. The molecule has 1 aromatic rings. The van der Waals surface area contributed by atoms with Gasteiger partial charge in [-0.3, -0.25) is 15.5 Å². The zero-order chi connectivity index (χ0) is 17.1. The monoisotopic (exact) mass is 321 g/mol. The van der Waals surface area contributed by atoms with Crippen molar-refractivity contribution in [3.05, 3.63) is 29.8 Å². The van der Waals surface area contributed by atoms with Gasteiger partial charge in [0.2, 0.25) is 5.91 Å². The number of rotatable bonds is 4. The molecule has 126 valence electrons. The standard InChI is InChI=1S/C16H23N3O4/c1-15(2,3)23-14(21)18-12-6-4-5-11(7-12)16(9-22-10-16)8-13(20)19-17/h4-7H,8-10,17H2,1-3H3,(H,18,21)(H,19,20). The second-order valence-electron chi connectivity index (χ2n) is 6.73. The van der Waals surface area contributed by atoms with E-state index in [-0.39, 0.29) is 12.3 Å². The topological polar surface area (TPSA) is 103 Å². The molecule has 0 aliphatic carbocycles. The summed E-state index contributed by atoms with van der Waals surface area (Å²) in [6.07, 6.45) is -0.285. The number of carbonyl (C=O) groups excluding carboxylic acids is 2. The highest BCUT2D eigenvalue weighted by molar-refractivity contribution is 5.85. The summed E-state index contributed by atoms with van der Waals surface area (Å²) in [7, 11) is 0. The summed E-state index contributed by atoms with van der Waals surface area (Å²) >= 11 is 0. The lowest BCUT2D eigenvalue weighted by Gasteiger charge is -2.41. The molecule has 0 radical (unpaired) electrons. The van der Waals surface area contributed by atoms with Gasteiger partial charge in [0.1, 0.15) is 5.60 Å². The van der Waals surface area contributed by atoms with Crippen LogP contribution in [0.3, 0.4) is 0 Å². The number of carbonyl (C=O) groups is 2. The number of hydrogen-bond acceptors (Lipinski definition) is 5. The molecule has 0 bridgehead atoms. The number of anilines is 1. The molecule has 1 saturated heterocycles. The highest BCUT2D eigenvalue weighted by atomic mass is 16.6. The minimum atomic E-state index is -0.566. The average Bonchev–Trinajstić information content (AvgIpc) is 2.40. The molecule has 7 nitrogen and oxygen atoms in total. The maximum absolute atomic E-state index is 11.9. The first-order chi connectivity index (χ1) is 10.7. The van der Waals surface area contributed by atoms with E-state index in [9.17, 15) is 9.59 Å². The largest absolute Gasteiger partial charge is 0.444 e. The molecule has 0 spiro atoms. The molecule has 1 fully saturated rings. The van der Waals surface area contributed by atoms with Gasteiger partial charge in [0.15, 0.2) is 0 Å². The molecule has 4 N–H and O–H groups in total. The Bertz CT molecular complexity index is 591. The van der Waals surface area contributed by atoms with E-state index in [0.29, 0.717) is 18.9 Å².